The molecule has 4 heterocycles. The summed E-state index contributed by atoms with van der Waals surface area (Å²) in [4.78, 5) is 16.5. The van der Waals surface area contributed by atoms with Crippen molar-refractivity contribution in [3.8, 4) is 22.6 Å². The molecule has 4 aromatic heterocycles. The van der Waals surface area contributed by atoms with Crippen LogP contribution in [0, 0.1) is 0 Å². The van der Waals surface area contributed by atoms with E-state index in [9.17, 15) is 26.3 Å². The van der Waals surface area contributed by atoms with E-state index in [-0.39, 0.29) is 34.4 Å². The molecule has 4 rings (SSSR count). The fourth-order valence-corrected chi connectivity index (χ4v) is 3.21. The molecule has 0 saturated heterocycles. The van der Waals surface area contributed by atoms with Crippen molar-refractivity contribution >= 4 is 17.0 Å². The van der Waals surface area contributed by atoms with Crippen molar-refractivity contribution in [2.24, 2.45) is 0 Å². The van der Waals surface area contributed by atoms with Crippen molar-refractivity contribution in [1.29, 1.82) is 0 Å². The van der Waals surface area contributed by atoms with Crippen molar-refractivity contribution in [3.05, 3.63) is 54.0 Å². The van der Waals surface area contributed by atoms with E-state index in [1.54, 1.807) is 13.8 Å². The highest BCUT2D eigenvalue weighted by molar-refractivity contribution is 5.89. The van der Waals surface area contributed by atoms with Gasteiger partial charge in [0.1, 0.15) is 22.7 Å². The first-order valence-corrected chi connectivity index (χ1v) is 9.81. The van der Waals surface area contributed by atoms with Crippen LogP contribution in [0.2, 0.25) is 0 Å². The van der Waals surface area contributed by atoms with E-state index in [1.165, 1.54) is 18.3 Å². The summed E-state index contributed by atoms with van der Waals surface area (Å²) < 4.78 is 80.3. The lowest BCUT2D eigenvalue weighted by atomic mass is 10.1. The first-order valence-electron chi connectivity index (χ1n) is 9.81. The summed E-state index contributed by atoms with van der Waals surface area (Å²) in [6.07, 6.45) is -6.02. The van der Waals surface area contributed by atoms with Crippen LogP contribution in [-0.2, 0) is 12.4 Å². The Kier molecular flexibility index (Phi) is 5.79. The van der Waals surface area contributed by atoms with E-state index < -0.39 is 29.2 Å². The molecule has 0 aromatic carbocycles. The van der Waals surface area contributed by atoms with Gasteiger partial charge in [0.25, 0.3) is 0 Å². The van der Waals surface area contributed by atoms with Gasteiger partial charge in [0, 0.05) is 17.8 Å². The Labute approximate surface area is 188 Å². The molecular formula is C21H15F6N7. The number of hydrogen-bond acceptors (Lipinski definition) is 7. The van der Waals surface area contributed by atoms with Crippen molar-refractivity contribution < 1.29 is 26.3 Å². The summed E-state index contributed by atoms with van der Waals surface area (Å²) >= 11 is 0. The highest BCUT2D eigenvalue weighted by Gasteiger charge is 2.36. The summed E-state index contributed by atoms with van der Waals surface area (Å²) in [5, 5.41) is 9.73. The van der Waals surface area contributed by atoms with Gasteiger partial charge in [0.2, 0.25) is 0 Å². The fourth-order valence-electron chi connectivity index (χ4n) is 3.21. The molecule has 0 atom stereocenters. The predicted molar refractivity (Wildman–Crippen MR) is 110 cm³/mol. The van der Waals surface area contributed by atoms with Crippen LogP contribution in [0.3, 0.4) is 0 Å². The second-order valence-corrected chi connectivity index (χ2v) is 7.47. The van der Waals surface area contributed by atoms with Crippen molar-refractivity contribution in [2.75, 3.05) is 5.32 Å². The normalized spacial score (nSPS) is 12.4. The number of aromatic nitrogens is 6. The van der Waals surface area contributed by atoms with E-state index in [0.717, 1.165) is 24.5 Å². The Hall–Kier alpha value is -3.90. The quantitative estimate of drug-likeness (QED) is 0.392. The molecule has 13 heteroatoms. The predicted octanol–water partition coefficient (Wildman–Crippen LogP) is 5.40. The third-order valence-corrected chi connectivity index (χ3v) is 4.62. The Bertz CT molecular complexity index is 1350. The van der Waals surface area contributed by atoms with Gasteiger partial charge >= 0.3 is 12.4 Å². The Morgan fingerprint density at radius 3 is 2.21 bits per heavy atom. The molecule has 0 radical (unpaired) electrons. The molecule has 0 amide bonds. The lowest BCUT2D eigenvalue weighted by Gasteiger charge is -2.17. The summed E-state index contributed by atoms with van der Waals surface area (Å²) in [6, 6.07) is 4.01. The first-order chi connectivity index (χ1) is 15.9. The molecule has 0 aliphatic carbocycles. The molecule has 0 fully saturated rings. The van der Waals surface area contributed by atoms with Crippen LogP contribution in [0.5, 0.6) is 0 Å². The van der Waals surface area contributed by atoms with Gasteiger partial charge in [0.05, 0.1) is 29.2 Å². The Balaban J connectivity index is 1.84. The minimum Gasteiger partial charge on any atom is -0.367 e. The number of halogens is 6. The number of nitrogens with one attached hydrogen (secondary N) is 1. The fraction of sp³-hybridized carbons (Fsp3) is 0.238. The third kappa shape index (κ3) is 4.58. The molecule has 0 saturated carbocycles. The van der Waals surface area contributed by atoms with Gasteiger partial charge in [-0.1, -0.05) is 0 Å². The van der Waals surface area contributed by atoms with Crippen LogP contribution in [0.25, 0.3) is 33.8 Å². The average Bonchev–Trinajstić information content (AvgIpc) is 2.76. The van der Waals surface area contributed by atoms with Gasteiger partial charge in [-0.3, -0.25) is 0 Å². The van der Waals surface area contributed by atoms with E-state index in [1.807, 2.05) is 0 Å². The molecular weight excluding hydrogens is 464 g/mol. The van der Waals surface area contributed by atoms with E-state index in [4.69, 9.17) is 0 Å². The lowest BCUT2D eigenvalue weighted by molar-refractivity contribution is -0.138. The number of pyridine rings is 2. The maximum Gasteiger partial charge on any atom is 0.419 e. The van der Waals surface area contributed by atoms with Crippen LogP contribution < -0.4 is 5.32 Å². The smallest absolute Gasteiger partial charge is 0.367 e. The Morgan fingerprint density at radius 2 is 1.53 bits per heavy atom. The largest absolute Gasteiger partial charge is 0.419 e. The number of nitrogens with zero attached hydrogens (tertiary/aromatic N) is 6. The molecule has 7 nitrogen and oxygen atoms in total. The zero-order valence-corrected chi connectivity index (χ0v) is 17.6. The van der Waals surface area contributed by atoms with Gasteiger partial charge in [-0.2, -0.15) is 31.4 Å². The second-order valence-electron chi connectivity index (χ2n) is 7.47. The zero-order chi connectivity index (χ0) is 24.7. The molecule has 0 aliphatic rings. The number of hydrogen-bond donors (Lipinski definition) is 1. The van der Waals surface area contributed by atoms with Crippen LogP contribution in [0.1, 0.15) is 25.0 Å². The number of anilines is 1. The molecule has 1 N–H and O–H groups in total. The van der Waals surface area contributed by atoms with Crippen molar-refractivity contribution in [1.82, 2.24) is 30.1 Å². The van der Waals surface area contributed by atoms with Crippen LogP contribution in [-0.4, -0.2) is 36.2 Å². The van der Waals surface area contributed by atoms with Crippen molar-refractivity contribution in [2.45, 2.75) is 32.2 Å². The van der Waals surface area contributed by atoms with Gasteiger partial charge in [0.15, 0.2) is 5.65 Å². The molecule has 0 unspecified atom stereocenters. The third-order valence-electron chi connectivity index (χ3n) is 4.62. The van der Waals surface area contributed by atoms with Gasteiger partial charge in [-0.05, 0) is 38.1 Å². The molecule has 4 aromatic rings. The molecule has 0 bridgehead atoms. The SMILES string of the molecule is CC(C)Nc1nc(-c2ccnc3nc(-c4nnccc4C(F)(F)F)cnc23)ccc1C(F)(F)F. The highest BCUT2D eigenvalue weighted by Crippen LogP contribution is 2.37. The minimum absolute atomic E-state index is 0.0335. The van der Waals surface area contributed by atoms with Crippen molar-refractivity contribution in [3.63, 3.8) is 0 Å². The van der Waals surface area contributed by atoms with E-state index in [0.29, 0.717) is 5.56 Å². The number of alkyl halides is 6. The Morgan fingerprint density at radius 1 is 0.794 bits per heavy atom. The molecule has 0 aliphatic heterocycles. The summed E-state index contributed by atoms with van der Waals surface area (Å²) in [5.74, 6) is -0.357. The van der Waals surface area contributed by atoms with Gasteiger partial charge < -0.3 is 5.32 Å². The lowest BCUT2D eigenvalue weighted by Crippen LogP contribution is -2.17. The van der Waals surface area contributed by atoms with Crippen LogP contribution >= 0.6 is 0 Å². The monoisotopic (exact) mass is 479 g/mol. The highest BCUT2D eigenvalue weighted by atomic mass is 19.4. The summed E-state index contributed by atoms with van der Waals surface area (Å²) in [7, 11) is 0. The maximum atomic E-state index is 13.4. The van der Waals surface area contributed by atoms with Gasteiger partial charge in [-0.15, -0.1) is 5.10 Å². The number of rotatable bonds is 4. The maximum absolute atomic E-state index is 13.4. The molecule has 176 valence electrons. The summed E-state index contributed by atoms with van der Waals surface area (Å²) in [5.41, 5.74) is -2.13. The van der Waals surface area contributed by atoms with E-state index >= 15 is 0 Å². The van der Waals surface area contributed by atoms with Crippen LogP contribution in [0.15, 0.2) is 42.9 Å². The molecule has 34 heavy (non-hydrogen) atoms. The van der Waals surface area contributed by atoms with E-state index in [2.05, 4.69) is 35.5 Å². The van der Waals surface area contributed by atoms with Crippen LogP contribution in [0.4, 0.5) is 32.2 Å². The summed E-state index contributed by atoms with van der Waals surface area (Å²) in [6.45, 7) is 3.34. The minimum atomic E-state index is -4.69. The molecule has 0 spiro atoms. The second kappa shape index (κ2) is 8.47. The van der Waals surface area contributed by atoms with Gasteiger partial charge in [-0.25, -0.2) is 19.9 Å². The zero-order valence-electron chi connectivity index (χ0n) is 17.6. The standard InChI is InChI=1S/C21H15F6N7/c1-10(2)31-18-13(21(25,26)27)3-4-14(32-18)11-5-7-28-19-16(11)29-9-15(33-19)17-12(20(22,23)24)6-8-30-34-17/h3-10H,1-2H3,(H,31,32). The topological polar surface area (TPSA) is 89.4 Å². The average molecular weight is 479 g/mol. The number of fused-ring (bicyclic) bond motifs is 1. The first kappa shape index (κ1) is 23.3.